The maximum atomic E-state index is 13.5. The monoisotopic (exact) mass is 586 g/mol. The molecular weight excluding hydrogens is 571 g/mol. The highest BCUT2D eigenvalue weighted by molar-refractivity contribution is 9.10. The molecule has 0 saturated carbocycles. The predicted molar refractivity (Wildman–Crippen MR) is 136 cm³/mol. The summed E-state index contributed by atoms with van der Waals surface area (Å²) in [6, 6.07) is 16.4. The number of rotatable bonds is 6. The van der Waals surface area contributed by atoms with Crippen molar-refractivity contribution in [3.8, 4) is 0 Å². The van der Waals surface area contributed by atoms with Gasteiger partial charge in [0, 0.05) is 38.3 Å². The molecule has 0 aromatic heterocycles. The molecule has 0 spiro atoms. The molecule has 0 saturated heterocycles. The average Bonchev–Trinajstić information content (AvgIpc) is 3.18. The molecule has 3 aromatic rings. The van der Waals surface area contributed by atoms with Crippen molar-refractivity contribution in [2.45, 2.75) is 17.9 Å². The van der Waals surface area contributed by atoms with Crippen LogP contribution in [0.1, 0.15) is 11.1 Å². The smallest absolute Gasteiger partial charge is 0.243 e. The van der Waals surface area contributed by atoms with E-state index in [0.29, 0.717) is 33.6 Å². The Kier molecular flexibility index (Phi) is 7.38. The number of anilines is 1. The van der Waals surface area contributed by atoms with E-state index in [1.165, 1.54) is 24.3 Å². The average molecular weight is 589 g/mol. The standard InChI is InChI=1S/C23H18BrCl3N2O3S/c24-17-2-8-22-15(11-17)9-10-29(22)23(30)14-28(13-16-1-3-19(26)12-21(16)27)33(31,32)20-6-4-18(25)5-7-20/h1-8,11-12H,9-10,13-14H2. The molecule has 0 bridgehead atoms. The number of nitrogens with zero attached hydrogens (tertiary/aromatic N) is 2. The van der Waals surface area contributed by atoms with Gasteiger partial charge in [-0.1, -0.05) is 56.8 Å². The molecule has 0 N–H and O–H groups in total. The van der Waals surface area contributed by atoms with E-state index in [2.05, 4.69) is 15.9 Å². The molecule has 172 valence electrons. The number of halogens is 4. The Morgan fingerprint density at radius 2 is 1.67 bits per heavy atom. The van der Waals surface area contributed by atoms with Crippen LogP contribution in [-0.4, -0.2) is 31.7 Å². The van der Waals surface area contributed by atoms with Gasteiger partial charge in [0.1, 0.15) is 0 Å². The second-order valence-electron chi connectivity index (χ2n) is 7.53. The summed E-state index contributed by atoms with van der Waals surface area (Å²) < 4.78 is 29.1. The molecule has 0 atom stereocenters. The van der Waals surface area contributed by atoms with Gasteiger partial charge in [-0.15, -0.1) is 0 Å². The summed E-state index contributed by atoms with van der Waals surface area (Å²) in [4.78, 5) is 15.0. The van der Waals surface area contributed by atoms with Crippen molar-refractivity contribution in [1.82, 2.24) is 4.31 Å². The molecule has 1 aliphatic heterocycles. The lowest BCUT2D eigenvalue weighted by molar-refractivity contribution is -0.118. The maximum absolute atomic E-state index is 13.5. The third kappa shape index (κ3) is 5.39. The first kappa shape index (κ1) is 24.5. The van der Waals surface area contributed by atoms with Crippen LogP contribution in [0, 0.1) is 0 Å². The summed E-state index contributed by atoms with van der Waals surface area (Å²) >= 11 is 21.7. The van der Waals surface area contributed by atoms with Crippen LogP contribution < -0.4 is 4.90 Å². The Morgan fingerprint density at radius 1 is 0.970 bits per heavy atom. The van der Waals surface area contributed by atoms with Crippen molar-refractivity contribution < 1.29 is 13.2 Å². The summed E-state index contributed by atoms with van der Waals surface area (Å²) in [5, 5.41) is 1.17. The Labute approximate surface area is 216 Å². The van der Waals surface area contributed by atoms with Crippen LogP contribution in [0.15, 0.2) is 70.0 Å². The lowest BCUT2D eigenvalue weighted by Gasteiger charge is -2.25. The van der Waals surface area contributed by atoms with E-state index in [9.17, 15) is 13.2 Å². The van der Waals surface area contributed by atoms with Crippen molar-refractivity contribution in [2.75, 3.05) is 18.0 Å². The quantitative estimate of drug-likeness (QED) is 0.345. The van der Waals surface area contributed by atoms with Crippen LogP contribution in [0.5, 0.6) is 0 Å². The molecule has 33 heavy (non-hydrogen) atoms. The van der Waals surface area contributed by atoms with E-state index >= 15 is 0 Å². The second-order valence-corrected chi connectivity index (χ2v) is 11.7. The molecule has 0 unspecified atom stereocenters. The summed E-state index contributed by atoms with van der Waals surface area (Å²) in [6.07, 6.45) is 0.702. The Bertz CT molecular complexity index is 1320. The SMILES string of the molecule is O=C(CN(Cc1ccc(Cl)cc1Cl)S(=O)(=O)c1ccc(Cl)cc1)N1CCc2cc(Br)ccc21. The van der Waals surface area contributed by atoms with E-state index in [-0.39, 0.29) is 23.9 Å². The number of benzene rings is 3. The van der Waals surface area contributed by atoms with Crippen molar-refractivity contribution in [3.05, 3.63) is 91.3 Å². The number of sulfonamides is 1. The molecule has 3 aromatic carbocycles. The first-order chi connectivity index (χ1) is 15.6. The van der Waals surface area contributed by atoms with Gasteiger partial charge in [-0.05, 0) is 72.1 Å². The van der Waals surface area contributed by atoms with E-state index in [1.54, 1.807) is 23.1 Å². The Balaban J connectivity index is 1.67. The Morgan fingerprint density at radius 3 is 2.36 bits per heavy atom. The highest BCUT2D eigenvalue weighted by Crippen LogP contribution is 2.31. The number of hydrogen-bond donors (Lipinski definition) is 0. The summed E-state index contributed by atoms with van der Waals surface area (Å²) in [7, 11) is -4.02. The summed E-state index contributed by atoms with van der Waals surface area (Å²) in [5.41, 5.74) is 2.36. The normalized spacial score (nSPS) is 13.4. The third-order valence-electron chi connectivity index (χ3n) is 5.36. The van der Waals surface area contributed by atoms with Gasteiger partial charge in [0.05, 0.1) is 11.4 Å². The molecule has 0 aliphatic carbocycles. The number of fused-ring (bicyclic) bond motifs is 1. The lowest BCUT2D eigenvalue weighted by atomic mass is 10.2. The number of carbonyl (C=O) groups excluding carboxylic acids is 1. The van der Waals surface area contributed by atoms with Crippen LogP contribution >= 0.6 is 50.7 Å². The summed E-state index contributed by atoms with van der Waals surface area (Å²) in [6.45, 7) is 0.0499. The third-order valence-corrected chi connectivity index (χ3v) is 8.50. The minimum atomic E-state index is -4.02. The van der Waals surface area contributed by atoms with Crippen molar-refractivity contribution in [2.24, 2.45) is 0 Å². The minimum Gasteiger partial charge on any atom is -0.311 e. The van der Waals surface area contributed by atoms with Gasteiger partial charge in [-0.3, -0.25) is 4.79 Å². The topological polar surface area (TPSA) is 57.7 Å². The van der Waals surface area contributed by atoms with E-state index in [1.807, 2.05) is 18.2 Å². The molecule has 4 rings (SSSR count). The fraction of sp³-hybridized carbons (Fsp3) is 0.174. The number of hydrogen-bond acceptors (Lipinski definition) is 3. The molecule has 1 aliphatic rings. The zero-order valence-electron chi connectivity index (χ0n) is 17.1. The highest BCUT2D eigenvalue weighted by Gasteiger charge is 2.32. The van der Waals surface area contributed by atoms with Crippen molar-refractivity contribution >= 4 is 72.4 Å². The lowest BCUT2D eigenvalue weighted by Crippen LogP contribution is -2.42. The molecular formula is C23H18BrCl3N2O3S. The number of carbonyl (C=O) groups is 1. The maximum Gasteiger partial charge on any atom is 0.243 e. The van der Waals surface area contributed by atoms with Gasteiger partial charge in [-0.25, -0.2) is 8.42 Å². The number of amides is 1. The van der Waals surface area contributed by atoms with Crippen LogP contribution in [0.3, 0.4) is 0 Å². The molecule has 0 fully saturated rings. The largest absolute Gasteiger partial charge is 0.311 e. The van der Waals surface area contributed by atoms with Gasteiger partial charge in [-0.2, -0.15) is 4.31 Å². The van der Waals surface area contributed by atoms with Crippen LogP contribution in [0.2, 0.25) is 15.1 Å². The highest BCUT2D eigenvalue weighted by atomic mass is 79.9. The van der Waals surface area contributed by atoms with Gasteiger partial charge >= 0.3 is 0 Å². The van der Waals surface area contributed by atoms with Gasteiger partial charge in [0.25, 0.3) is 0 Å². The molecule has 0 radical (unpaired) electrons. The van der Waals surface area contributed by atoms with E-state index < -0.39 is 10.0 Å². The van der Waals surface area contributed by atoms with Crippen LogP contribution in [-0.2, 0) is 27.8 Å². The molecule has 1 amide bonds. The predicted octanol–water partition coefficient (Wildman–Crippen LogP) is 6.19. The zero-order valence-corrected chi connectivity index (χ0v) is 21.8. The van der Waals surface area contributed by atoms with Gasteiger partial charge in [0.15, 0.2) is 0 Å². The first-order valence-corrected chi connectivity index (χ1v) is 13.3. The molecule has 5 nitrogen and oxygen atoms in total. The van der Waals surface area contributed by atoms with Gasteiger partial charge in [0.2, 0.25) is 15.9 Å². The minimum absolute atomic E-state index is 0.0375. The fourth-order valence-electron chi connectivity index (χ4n) is 3.69. The first-order valence-electron chi connectivity index (χ1n) is 9.93. The van der Waals surface area contributed by atoms with E-state index in [4.69, 9.17) is 34.8 Å². The molecule has 1 heterocycles. The van der Waals surface area contributed by atoms with Gasteiger partial charge < -0.3 is 4.90 Å². The zero-order chi connectivity index (χ0) is 23.8. The molecule has 10 heteroatoms. The van der Waals surface area contributed by atoms with Crippen LogP contribution in [0.25, 0.3) is 0 Å². The second kappa shape index (κ2) is 9.94. The van der Waals surface area contributed by atoms with Crippen molar-refractivity contribution in [1.29, 1.82) is 0 Å². The van der Waals surface area contributed by atoms with Crippen LogP contribution in [0.4, 0.5) is 5.69 Å². The summed E-state index contributed by atoms with van der Waals surface area (Å²) in [5.74, 6) is -0.321. The Hall–Kier alpha value is -1.61. The fourth-order valence-corrected chi connectivity index (χ4v) is 6.06. The van der Waals surface area contributed by atoms with E-state index in [0.717, 1.165) is 20.0 Å². The van der Waals surface area contributed by atoms with Crippen molar-refractivity contribution in [3.63, 3.8) is 0 Å².